The molecule has 144 valence electrons. The summed E-state index contributed by atoms with van der Waals surface area (Å²) in [4.78, 5) is 24.3. The lowest BCUT2D eigenvalue weighted by Gasteiger charge is -2.16. The van der Waals surface area contributed by atoms with E-state index in [1.54, 1.807) is 13.0 Å². The molecule has 2 N–H and O–H groups in total. The maximum Gasteiger partial charge on any atom is 0.416 e. The SMILES string of the molecule is Cc1cccc(C(=O)O[C@H](C)C(=O)Nc2cc(C(F)(F)F)ccc2Cl)c1O. The number of hydrogen-bond acceptors (Lipinski definition) is 4. The molecule has 0 saturated carbocycles. The molecular weight excluding hydrogens is 387 g/mol. The molecule has 0 bridgehead atoms. The van der Waals surface area contributed by atoms with Crippen molar-refractivity contribution in [3.05, 3.63) is 58.1 Å². The highest BCUT2D eigenvalue weighted by Crippen LogP contribution is 2.34. The predicted octanol–water partition coefficient (Wildman–Crippen LogP) is 4.56. The van der Waals surface area contributed by atoms with Crippen LogP contribution in [0.5, 0.6) is 5.75 Å². The Labute approximate surface area is 157 Å². The Morgan fingerprint density at radius 3 is 2.52 bits per heavy atom. The van der Waals surface area contributed by atoms with Crippen molar-refractivity contribution >= 4 is 29.2 Å². The molecule has 9 heteroatoms. The van der Waals surface area contributed by atoms with Crippen LogP contribution in [0.3, 0.4) is 0 Å². The molecule has 0 spiro atoms. The summed E-state index contributed by atoms with van der Waals surface area (Å²) in [6.07, 6.45) is -5.95. The lowest BCUT2D eigenvalue weighted by molar-refractivity contribution is -0.137. The number of alkyl halides is 3. The van der Waals surface area contributed by atoms with Gasteiger partial charge in [-0.1, -0.05) is 23.7 Å². The first kappa shape index (κ1) is 20.6. The van der Waals surface area contributed by atoms with Gasteiger partial charge in [0.15, 0.2) is 6.10 Å². The standard InChI is InChI=1S/C18H15ClF3NO4/c1-9-4-3-5-12(15(9)24)17(26)27-10(2)16(25)23-14-8-11(18(20,21)22)6-7-13(14)19/h3-8,10,24H,1-2H3,(H,23,25)/t10-/m1/s1. The molecule has 0 aliphatic carbocycles. The third kappa shape index (κ3) is 4.91. The van der Waals surface area contributed by atoms with E-state index >= 15 is 0 Å². The van der Waals surface area contributed by atoms with Crippen LogP contribution in [0.1, 0.15) is 28.4 Å². The number of benzene rings is 2. The van der Waals surface area contributed by atoms with Crippen molar-refractivity contribution in [1.82, 2.24) is 0 Å². The zero-order chi connectivity index (χ0) is 20.4. The molecule has 0 aromatic heterocycles. The van der Waals surface area contributed by atoms with Crippen LogP contribution in [-0.2, 0) is 15.7 Å². The second-order valence-electron chi connectivity index (χ2n) is 5.70. The van der Waals surface area contributed by atoms with Gasteiger partial charge in [0, 0.05) is 0 Å². The van der Waals surface area contributed by atoms with Gasteiger partial charge in [-0.05, 0) is 43.7 Å². The molecule has 1 amide bonds. The van der Waals surface area contributed by atoms with Crippen LogP contribution in [0.2, 0.25) is 5.02 Å². The predicted molar refractivity (Wildman–Crippen MR) is 92.8 cm³/mol. The molecule has 0 aliphatic rings. The van der Waals surface area contributed by atoms with E-state index in [2.05, 4.69) is 5.32 Å². The fraction of sp³-hybridized carbons (Fsp3) is 0.222. The van der Waals surface area contributed by atoms with E-state index in [0.717, 1.165) is 12.1 Å². The maximum absolute atomic E-state index is 12.8. The second-order valence-corrected chi connectivity index (χ2v) is 6.11. The van der Waals surface area contributed by atoms with E-state index in [0.29, 0.717) is 11.6 Å². The number of phenols is 1. The Bertz CT molecular complexity index is 883. The summed E-state index contributed by atoms with van der Waals surface area (Å²) >= 11 is 5.81. The topological polar surface area (TPSA) is 75.6 Å². The molecule has 0 aliphatic heterocycles. The first-order valence-electron chi connectivity index (χ1n) is 7.68. The van der Waals surface area contributed by atoms with E-state index in [1.807, 2.05) is 0 Å². The molecule has 0 fully saturated rings. The van der Waals surface area contributed by atoms with E-state index in [1.165, 1.54) is 19.1 Å². The van der Waals surface area contributed by atoms with Gasteiger partial charge in [0.05, 0.1) is 16.3 Å². The highest BCUT2D eigenvalue weighted by atomic mass is 35.5. The number of esters is 1. The van der Waals surface area contributed by atoms with Gasteiger partial charge < -0.3 is 15.2 Å². The monoisotopic (exact) mass is 401 g/mol. The van der Waals surface area contributed by atoms with Gasteiger partial charge in [-0.3, -0.25) is 4.79 Å². The Kier molecular flexibility index (Phi) is 6.00. The summed E-state index contributed by atoms with van der Waals surface area (Å²) in [5.74, 6) is -2.11. The largest absolute Gasteiger partial charge is 0.507 e. The summed E-state index contributed by atoms with van der Waals surface area (Å²) in [5, 5.41) is 12.0. The zero-order valence-corrected chi connectivity index (χ0v) is 15.0. The fourth-order valence-corrected chi connectivity index (χ4v) is 2.30. The molecule has 2 rings (SSSR count). The van der Waals surface area contributed by atoms with Crippen LogP contribution in [0.25, 0.3) is 0 Å². The van der Waals surface area contributed by atoms with Gasteiger partial charge in [-0.2, -0.15) is 13.2 Å². The van der Waals surface area contributed by atoms with Gasteiger partial charge in [0.2, 0.25) is 0 Å². The van der Waals surface area contributed by atoms with Crippen LogP contribution in [0, 0.1) is 6.92 Å². The van der Waals surface area contributed by atoms with Crippen LogP contribution in [0.4, 0.5) is 18.9 Å². The highest BCUT2D eigenvalue weighted by molar-refractivity contribution is 6.33. The third-order valence-electron chi connectivity index (χ3n) is 3.66. The summed E-state index contributed by atoms with van der Waals surface area (Å²) in [5.41, 5.74) is -0.946. The quantitative estimate of drug-likeness (QED) is 0.736. The summed E-state index contributed by atoms with van der Waals surface area (Å²) in [6, 6.07) is 6.89. The lowest BCUT2D eigenvalue weighted by Crippen LogP contribution is -2.30. The number of amides is 1. The Balaban J connectivity index is 2.12. The van der Waals surface area contributed by atoms with Gasteiger partial charge in [0.1, 0.15) is 11.3 Å². The number of carbonyl (C=O) groups excluding carboxylic acids is 2. The lowest BCUT2D eigenvalue weighted by atomic mass is 10.1. The zero-order valence-electron chi connectivity index (χ0n) is 14.2. The van der Waals surface area contributed by atoms with Gasteiger partial charge >= 0.3 is 12.1 Å². The third-order valence-corrected chi connectivity index (χ3v) is 3.99. The van der Waals surface area contributed by atoms with E-state index in [-0.39, 0.29) is 22.0 Å². The average Bonchev–Trinajstić information content (AvgIpc) is 2.58. The Morgan fingerprint density at radius 2 is 1.89 bits per heavy atom. The number of halogens is 4. The van der Waals surface area contributed by atoms with E-state index in [9.17, 15) is 27.9 Å². The summed E-state index contributed by atoms with van der Waals surface area (Å²) in [6.45, 7) is 2.82. The van der Waals surface area contributed by atoms with E-state index < -0.39 is 29.7 Å². The van der Waals surface area contributed by atoms with Gasteiger partial charge in [-0.15, -0.1) is 0 Å². The van der Waals surface area contributed by atoms with E-state index in [4.69, 9.17) is 16.3 Å². The number of rotatable bonds is 4. The number of para-hydroxylation sites is 1. The summed E-state index contributed by atoms with van der Waals surface area (Å²) < 4.78 is 43.3. The van der Waals surface area contributed by atoms with Crippen molar-refractivity contribution in [2.24, 2.45) is 0 Å². The molecule has 27 heavy (non-hydrogen) atoms. The summed E-state index contributed by atoms with van der Waals surface area (Å²) in [7, 11) is 0. The molecule has 0 unspecified atom stereocenters. The highest BCUT2D eigenvalue weighted by Gasteiger charge is 2.31. The van der Waals surface area contributed by atoms with Crippen LogP contribution >= 0.6 is 11.6 Å². The smallest absolute Gasteiger partial charge is 0.416 e. The van der Waals surface area contributed by atoms with Crippen LogP contribution in [0.15, 0.2) is 36.4 Å². The normalized spacial score (nSPS) is 12.4. The second kappa shape index (κ2) is 7.87. The van der Waals surface area contributed by atoms with Crippen molar-refractivity contribution in [1.29, 1.82) is 0 Å². The van der Waals surface area contributed by atoms with Crippen molar-refractivity contribution in [2.75, 3.05) is 5.32 Å². The molecule has 5 nitrogen and oxygen atoms in total. The Morgan fingerprint density at radius 1 is 1.22 bits per heavy atom. The van der Waals surface area contributed by atoms with Gasteiger partial charge in [-0.25, -0.2) is 4.79 Å². The minimum atomic E-state index is -4.61. The number of nitrogens with one attached hydrogen (secondary N) is 1. The molecule has 0 radical (unpaired) electrons. The Hall–Kier alpha value is -2.74. The fourth-order valence-electron chi connectivity index (χ4n) is 2.13. The van der Waals surface area contributed by atoms with Crippen LogP contribution < -0.4 is 5.32 Å². The number of hydrogen-bond donors (Lipinski definition) is 2. The van der Waals surface area contributed by atoms with Gasteiger partial charge in [0.25, 0.3) is 5.91 Å². The number of ether oxygens (including phenoxy) is 1. The maximum atomic E-state index is 12.8. The van der Waals surface area contributed by atoms with Crippen molar-refractivity contribution in [3.63, 3.8) is 0 Å². The molecule has 0 saturated heterocycles. The minimum Gasteiger partial charge on any atom is -0.507 e. The van der Waals surface area contributed by atoms with Crippen LogP contribution in [-0.4, -0.2) is 23.1 Å². The molecule has 1 atom stereocenters. The molecule has 0 heterocycles. The van der Waals surface area contributed by atoms with Crippen molar-refractivity contribution < 1.29 is 32.6 Å². The van der Waals surface area contributed by atoms with Crippen molar-refractivity contribution in [2.45, 2.75) is 26.1 Å². The molecule has 2 aromatic carbocycles. The number of phenolic OH excluding ortho intramolecular Hbond substituents is 1. The van der Waals surface area contributed by atoms with Crippen molar-refractivity contribution in [3.8, 4) is 5.75 Å². The number of aryl methyl sites for hydroxylation is 1. The molecular formula is C18H15ClF3NO4. The minimum absolute atomic E-state index is 0.105. The first-order chi connectivity index (χ1) is 12.5. The number of anilines is 1. The number of carbonyl (C=O) groups is 2. The average molecular weight is 402 g/mol. The number of aromatic hydroxyl groups is 1. The molecule has 2 aromatic rings. The first-order valence-corrected chi connectivity index (χ1v) is 8.05.